The third-order valence-corrected chi connectivity index (χ3v) is 2.93. The molecule has 0 aliphatic rings. The average molecular weight is 242 g/mol. The first-order chi connectivity index (χ1) is 7.72. The predicted octanol–water partition coefficient (Wildman–Crippen LogP) is 1.25. The lowest BCUT2D eigenvalue weighted by Gasteiger charge is -2.12. The maximum atomic E-state index is 11.4. The van der Waals surface area contributed by atoms with E-state index in [9.17, 15) is 4.79 Å². The summed E-state index contributed by atoms with van der Waals surface area (Å²) < 4.78 is 0. The van der Waals surface area contributed by atoms with E-state index < -0.39 is 0 Å². The lowest BCUT2D eigenvalue weighted by Crippen LogP contribution is -2.42. The van der Waals surface area contributed by atoms with Crippen LogP contribution >= 0.6 is 11.8 Å². The highest BCUT2D eigenvalue weighted by atomic mass is 32.2. The van der Waals surface area contributed by atoms with Gasteiger partial charge < -0.3 is 10.6 Å². The third kappa shape index (κ3) is 8.63. The fraction of sp³-hybridized carbons (Fsp3) is 0.750. The monoisotopic (exact) mass is 242 g/mol. The van der Waals surface area contributed by atoms with Gasteiger partial charge in [-0.1, -0.05) is 12.3 Å². The predicted molar refractivity (Wildman–Crippen MR) is 71.5 cm³/mol. The summed E-state index contributed by atoms with van der Waals surface area (Å²) in [5, 5.41) is 5.83. The highest BCUT2D eigenvalue weighted by Gasteiger charge is 2.09. The molecule has 0 aromatic heterocycles. The van der Waals surface area contributed by atoms with Crippen LogP contribution in [0.5, 0.6) is 0 Å². The molecule has 2 N–H and O–H groups in total. The molecular formula is C12H22N2OS. The van der Waals surface area contributed by atoms with Crippen LogP contribution in [0.15, 0.2) is 0 Å². The summed E-state index contributed by atoms with van der Waals surface area (Å²) in [7, 11) is 0. The Morgan fingerprint density at radius 3 is 2.81 bits per heavy atom. The summed E-state index contributed by atoms with van der Waals surface area (Å²) in [5.41, 5.74) is 0. The number of nitrogens with one attached hydrogen (secondary N) is 2. The van der Waals surface area contributed by atoms with E-state index in [1.165, 1.54) is 18.6 Å². The zero-order chi connectivity index (χ0) is 12.2. The van der Waals surface area contributed by atoms with Crippen molar-refractivity contribution in [1.82, 2.24) is 10.6 Å². The number of carbonyl (C=O) groups is 1. The molecule has 1 atom stereocenters. The maximum Gasteiger partial charge on any atom is 0.237 e. The third-order valence-electron chi connectivity index (χ3n) is 2.23. The quantitative estimate of drug-likeness (QED) is 0.472. The molecule has 0 aliphatic heterocycles. The van der Waals surface area contributed by atoms with Crippen LogP contribution in [-0.2, 0) is 4.79 Å². The molecule has 0 aromatic carbocycles. The molecule has 0 spiro atoms. The highest BCUT2D eigenvalue weighted by molar-refractivity contribution is 7.98. The largest absolute Gasteiger partial charge is 0.344 e. The number of unbranched alkanes of at least 4 members (excludes halogenated alkanes) is 2. The Balaban J connectivity index is 3.39. The number of thioether (sulfide) groups is 1. The molecule has 1 amide bonds. The minimum absolute atomic E-state index is 0.0259. The molecule has 0 radical (unpaired) electrons. The van der Waals surface area contributed by atoms with Gasteiger partial charge in [-0.2, -0.15) is 11.8 Å². The van der Waals surface area contributed by atoms with Crippen molar-refractivity contribution in [3.8, 4) is 12.3 Å². The molecule has 0 saturated carbocycles. The molecule has 0 heterocycles. The number of hydrogen-bond donors (Lipinski definition) is 2. The van der Waals surface area contributed by atoms with E-state index in [1.54, 1.807) is 0 Å². The van der Waals surface area contributed by atoms with Gasteiger partial charge >= 0.3 is 0 Å². The van der Waals surface area contributed by atoms with E-state index in [2.05, 4.69) is 22.8 Å². The highest BCUT2D eigenvalue weighted by Crippen LogP contribution is 2.01. The molecule has 0 aliphatic carbocycles. The smallest absolute Gasteiger partial charge is 0.237 e. The standard InChI is InChI=1S/C12H22N2OS/c1-4-8-14-12(15)11(2)13-9-6-5-7-10-16-3/h1,11,13H,5-10H2,2-3H3,(H,14,15). The van der Waals surface area contributed by atoms with Crippen molar-refractivity contribution >= 4 is 17.7 Å². The summed E-state index contributed by atoms with van der Waals surface area (Å²) >= 11 is 1.88. The van der Waals surface area contributed by atoms with E-state index >= 15 is 0 Å². The first kappa shape index (κ1) is 15.3. The minimum atomic E-state index is -0.158. The van der Waals surface area contributed by atoms with Gasteiger partial charge in [0.15, 0.2) is 0 Å². The van der Waals surface area contributed by atoms with Crippen molar-refractivity contribution < 1.29 is 4.79 Å². The Hall–Kier alpha value is -0.660. The van der Waals surface area contributed by atoms with Crippen LogP contribution in [0.1, 0.15) is 26.2 Å². The van der Waals surface area contributed by atoms with Gasteiger partial charge in [0.1, 0.15) is 0 Å². The molecule has 92 valence electrons. The van der Waals surface area contributed by atoms with Crippen LogP contribution in [0.2, 0.25) is 0 Å². The van der Waals surface area contributed by atoms with Gasteiger partial charge in [0.25, 0.3) is 0 Å². The second kappa shape index (κ2) is 10.8. The van der Waals surface area contributed by atoms with Crippen LogP contribution in [-0.4, -0.2) is 37.0 Å². The number of rotatable bonds is 9. The first-order valence-corrected chi connectivity index (χ1v) is 7.05. The zero-order valence-electron chi connectivity index (χ0n) is 10.2. The van der Waals surface area contributed by atoms with Crippen molar-refractivity contribution in [2.24, 2.45) is 0 Å². The molecule has 0 bridgehead atoms. The number of carbonyl (C=O) groups excluding carboxylic acids is 1. The van der Waals surface area contributed by atoms with Crippen molar-refractivity contribution in [3.05, 3.63) is 0 Å². The summed E-state index contributed by atoms with van der Waals surface area (Å²) in [6.45, 7) is 3.05. The second-order valence-corrected chi connectivity index (χ2v) is 4.64. The molecular weight excluding hydrogens is 220 g/mol. The molecule has 1 unspecified atom stereocenters. The summed E-state index contributed by atoms with van der Waals surface area (Å²) in [5.74, 6) is 3.58. The van der Waals surface area contributed by atoms with Crippen molar-refractivity contribution in [3.63, 3.8) is 0 Å². The normalized spacial score (nSPS) is 11.8. The van der Waals surface area contributed by atoms with E-state index in [4.69, 9.17) is 6.42 Å². The van der Waals surface area contributed by atoms with E-state index in [0.717, 1.165) is 13.0 Å². The van der Waals surface area contributed by atoms with Crippen LogP contribution < -0.4 is 10.6 Å². The summed E-state index contributed by atoms with van der Waals surface area (Å²) in [6.07, 6.45) is 10.8. The second-order valence-electron chi connectivity index (χ2n) is 3.65. The van der Waals surface area contributed by atoms with Crippen LogP contribution in [0.25, 0.3) is 0 Å². The summed E-state index contributed by atoms with van der Waals surface area (Å²) in [6, 6.07) is -0.158. The minimum Gasteiger partial charge on any atom is -0.344 e. The zero-order valence-corrected chi connectivity index (χ0v) is 11.0. The summed E-state index contributed by atoms with van der Waals surface area (Å²) in [4.78, 5) is 11.4. The Labute approximate surface area is 103 Å². The van der Waals surface area contributed by atoms with Crippen LogP contribution in [0, 0.1) is 12.3 Å². The lowest BCUT2D eigenvalue weighted by molar-refractivity contribution is -0.122. The Kier molecular flexibility index (Phi) is 10.4. The topological polar surface area (TPSA) is 41.1 Å². The molecule has 0 aromatic rings. The van der Waals surface area contributed by atoms with E-state index in [0.29, 0.717) is 6.54 Å². The van der Waals surface area contributed by atoms with Gasteiger partial charge in [-0.25, -0.2) is 0 Å². The number of amides is 1. The fourth-order valence-corrected chi connectivity index (χ4v) is 1.74. The molecule has 16 heavy (non-hydrogen) atoms. The SMILES string of the molecule is C#CCNC(=O)C(C)NCCCCCSC. The first-order valence-electron chi connectivity index (χ1n) is 5.66. The van der Waals surface area contributed by atoms with Crippen molar-refractivity contribution in [2.45, 2.75) is 32.2 Å². The lowest BCUT2D eigenvalue weighted by atomic mass is 10.2. The Morgan fingerprint density at radius 2 is 2.19 bits per heavy atom. The number of hydrogen-bond acceptors (Lipinski definition) is 3. The van der Waals surface area contributed by atoms with Gasteiger partial charge in [0.2, 0.25) is 5.91 Å². The molecule has 3 nitrogen and oxygen atoms in total. The molecule has 4 heteroatoms. The van der Waals surface area contributed by atoms with E-state index in [1.807, 2.05) is 18.7 Å². The average Bonchev–Trinajstić information content (AvgIpc) is 2.30. The van der Waals surface area contributed by atoms with Crippen LogP contribution in [0.3, 0.4) is 0 Å². The molecule has 0 rings (SSSR count). The Bertz CT molecular complexity index is 226. The van der Waals surface area contributed by atoms with Crippen LogP contribution in [0.4, 0.5) is 0 Å². The fourth-order valence-electron chi connectivity index (χ4n) is 1.25. The van der Waals surface area contributed by atoms with Gasteiger partial charge in [-0.15, -0.1) is 6.42 Å². The molecule has 0 saturated heterocycles. The van der Waals surface area contributed by atoms with Gasteiger partial charge in [0, 0.05) is 0 Å². The van der Waals surface area contributed by atoms with Crippen molar-refractivity contribution in [2.75, 3.05) is 25.1 Å². The van der Waals surface area contributed by atoms with Gasteiger partial charge in [-0.3, -0.25) is 4.79 Å². The van der Waals surface area contributed by atoms with Gasteiger partial charge in [0.05, 0.1) is 12.6 Å². The van der Waals surface area contributed by atoms with E-state index in [-0.39, 0.29) is 11.9 Å². The van der Waals surface area contributed by atoms with Gasteiger partial charge in [-0.05, 0) is 38.3 Å². The number of terminal acetylenes is 1. The maximum absolute atomic E-state index is 11.4. The van der Waals surface area contributed by atoms with Crippen molar-refractivity contribution in [1.29, 1.82) is 0 Å². The Morgan fingerprint density at radius 1 is 1.44 bits per heavy atom. The molecule has 0 fully saturated rings.